The van der Waals surface area contributed by atoms with E-state index in [1.165, 1.54) is 35.2 Å². The quantitative estimate of drug-likeness (QED) is 0.156. The van der Waals surface area contributed by atoms with Gasteiger partial charge in [0.05, 0.1) is 21.8 Å². The standard InChI is InChI=1S/C27H18F2N2O4S/c1-2-13-35-19-10-5-15(6-11-19)23-22(24(32)16-3-7-17(28)8-4-16)25(33)26(34)31(23)27-30-20-12-9-18(29)14-21(20)36-27/h2-12,14,23,32H,1,13H2/b24-22+/t23-/m0/s1. The van der Waals surface area contributed by atoms with Crippen molar-refractivity contribution in [3.63, 3.8) is 0 Å². The van der Waals surface area contributed by atoms with Crippen LogP contribution in [0.3, 0.4) is 0 Å². The van der Waals surface area contributed by atoms with E-state index in [0.29, 0.717) is 28.1 Å². The summed E-state index contributed by atoms with van der Waals surface area (Å²) in [6, 6.07) is 14.6. The van der Waals surface area contributed by atoms with Gasteiger partial charge in [0.2, 0.25) is 0 Å². The summed E-state index contributed by atoms with van der Waals surface area (Å²) in [5.41, 5.74) is 0.978. The first-order chi connectivity index (χ1) is 17.4. The lowest BCUT2D eigenvalue weighted by atomic mass is 9.95. The molecule has 1 N–H and O–H groups in total. The highest BCUT2D eigenvalue weighted by Gasteiger charge is 2.48. The number of ketones is 1. The van der Waals surface area contributed by atoms with Crippen LogP contribution in [0.4, 0.5) is 13.9 Å². The van der Waals surface area contributed by atoms with E-state index in [2.05, 4.69) is 11.6 Å². The molecule has 0 aliphatic carbocycles. The zero-order valence-electron chi connectivity index (χ0n) is 18.7. The molecule has 1 aliphatic heterocycles. The van der Waals surface area contributed by atoms with Gasteiger partial charge in [-0.3, -0.25) is 14.5 Å². The molecule has 36 heavy (non-hydrogen) atoms. The number of rotatable bonds is 6. The Balaban J connectivity index is 1.68. The maximum absolute atomic E-state index is 13.8. The number of thiazole rings is 1. The maximum atomic E-state index is 13.8. The number of Topliss-reactive ketones (excluding diaryl/α,β-unsaturated/α-hetero) is 1. The van der Waals surface area contributed by atoms with Crippen molar-refractivity contribution < 1.29 is 28.2 Å². The molecule has 1 atom stereocenters. The summed E-state index contributed by atoms with van der Waals surface area (Å²) in [6.07, 6.45) is 1.60. The van der Waals surface area contributed by atoms with Crippen molar-refractivity contribution in [3.05, 3.63) is 108 Å². The Morgan fingerprint density at radius 2 is 1.75 bits per heavy atom. The van der Waals surface area contributed by atoms with Gasteiger partial charge in [0.25, 0.3) is 5.78 Å². The highest BCUT2D eigenvalue weighted by atomic mass is 32.1. The Morgan fingerprint density at radius 1 is 1.06 bits per heavy atom. The van der Waals surface area contributed by atoms with Crippen LogP contribution in [0.2, 0.25) is 0 Å². The van der Waals surface area contributed by atoms with Gasteiger partial charge in [0.15, 0.2) is 5.13 Å². The summed E-state index contributed by atoms with van der Waals surface area (Å²) in [7, 11) is 0. The molecule has 1 fully saturated rings. The summed E-state index contributed by atoms with van der Waals surface area (Å²) < 4.78 is 33.3. The third-order valence-electron chi connectivity index (χ3n) is 5.67. The second-order valence-corrected chi connectivity index (χ2v) is 8.96. The van der Waals surface area contributed by atoms with Crippen molar-refractivity contribution in [2.45, 2.75) is 6.04 Å². The molecular formula is C27H18F2N2O4S. The molecule has 5 rings (SSSR count). The summed E-state index contributed by atoms with van der Waals surface area (Å²) >= 11 is 1.05. The number of carbonyl (C=O) groups excluding carboxylic acids is 2. The minimum atomic E-state index is -1.03. The molecule has 0 bridgehead atoms. The van der Waals surface area contributed by atoms with Crippen molar-refractivity contribution in [2.24, 2.45) is 0 Å². The summed E-state index contributed by atoms with van der Waals surface area (Å²) in [5.74, 6) is -2.68. The Hall–Kier alpha value is -4.37. The SMILES string of the molecule is C=CCOc1ccc([C@H]2/C(=C(\O)c3ccc(F)cc3)C(=O)C(=O)N2c2nc3ccc(F)cc3s2)cc1. The van der Waals surface area contributed by atoms with Crippen molar-refractivity contribution in [2.75, 3.05) is 11.5 Å². The van der Waals surface area contributed by atoms with E-state index in [4.69, 9.17) is 4.74 Å². The Labute approximate surface area is 208 Å². The number of hydrogen-bond donors (Lipinski definition) is 1. The van der Waals surface area contributed by atoms with Gasteiger partial charge in [-0.1, -0.05) is 36.1 Å². The van der Waals surface area contributed by atoms with E-state index in [1.54, 1.807) is 30.3 Å². The molecule has 0 radical (unpaired) electrons. The molecule has 180 valence electrons. The number of amides is 1. The van der Waals surface area contributed by atoms with Gasteiger partial charge in [-0.05, 0) is 60.2 Å². The number of carbonyl (C=O) groups is 2. The molecule has 0 spiro atoms. The first-order valence-electron chi connectivity index (χ1n) is 10.8. The van der Waals surface area contributed by atoms with Gasteiger partial charge < -0.3 is 9.84 Å². The topological polar surface area (TPSA) is 79.7 Å². The maximum Gasteiger partial charge on any atom is 0.301 e. The van der Waals surface area contributed by atoms with Crippen molar-refractivity contribution >= 4 is 44.1 Å². The number of nitrogens with zero attached hydrogens (tertiary/aromatic N) is 2. The predicted octanol–water partition coefficient (Wildman–Crippen LogP) is 5.77. The van der Waals surface area contributed by atoms with Crippen LogP contribution in [0.5, 0.6) is 5.75 Å². The van der Waals surface area contributed by atoms with Gasteiger partial charge in [-0.2, -0.15) is 0 Å². The van der Waals surface area contributed by atoms with Crippen LogP contribution in [0.1, 0.15) is 17.2 Å². The first-order valence-corrected chi connectivity index (χ1v) is 11.7. The fourth-order valence-electron chi connectivity index (χ4n) is 4.00. The van der Waals surface area contributed by atoms with E-state index in [1.807, 2.05) is 0 Å². The van der Waals surface area contributed by atoms with Crippen LogP contribution in [0.25, 0.3) is 16.0 Å². The minimum absolute atomic E-state index is 0.170. The van der Waals surface area contributed by atoms with Crippen LogP contribution in [-0.2, 0) is 9.59 Å². The molecule has 2 heterocycles. The minimum Gasteiger partial charge on any atom is -0.507 e. The zero-order valence-corrected chi connectivity index (χ0v) is 19.5. The van der Waals surface area contributed by atoms with Gasteiger partial charge >= 0.3 is 5.91 Å². The smallest absolute Gasteiger partial charge is 0.301 e. The van der Waals surface area contributed by atoms with Crippen LogP contribution >= 0.6 is 11.3 Å². The fourth-order valence-corrected chi connectivity index (χ4v) is 5.02. The second-order valence-electron chi connectivity index (χ2n) is 7.95. The van der Waals surface area contributed by atoms with E-state index in [-0.39, 0.29) is 16.3 Å². The van der Waals surface area contributed by atoms with Crippen molar-refractivity contribution in [1.82, 2.24) is 4.98 Å². The van der Waals surface area contributed by atoms with Crippen LogP contribution in [0, 0.1) is 11.6 Å². The number of aromatic nitrogens is 1. The monoisotopic (exact) mass is 504 g/mol. The average Bonchev–Trinajstić information content (AvgIpc) is 3.40. The van der Waals surface area contributed by atoms with E-state index >= 15 is 0 Å². The van der Waals surface area contributed by atoms with Gasteiger partial charge in [0.1, 0.15) is 29.8 Å². The Kier molecular flexibility index (Phi) is 6.07. The Morgan fingerprint density at radius 3 is 2.44 bits per heavy atom. The summed E-state index contributed by atoms with van der Waals surface area (Å²) in [6.45, 7) is 3.91. The van der Waals surface area contributed by atoms with Crippen LogP contribution in [-0.4, -0.2) is 28.4 Å². The lowest BCUT2D eigenvalue weighted by Gasteiger charge is -2.23. The molecular weight excluding hydrogens is 486 g/mol. The second kappa shape index (κ2) is 9.35. The zero-order chi connectivity index (χ0) is 25.4. The highest BCUT2D eigenvalue weighted by molar-refractivity contribution is 7.22. The number of anilines is 1. The van der Waals surface area contributed by atoms with E-state index in [9.17, 15) is 23.5 Å². The Bertz CT molecular complexity index is 1530. The average molecular weight is 505 g/mol. The van der Waals surface area contributed by atoms with Crippen LogP contribution in [0.15, 0.2) is 85.0 Å². The molecule has 6 nitrogen and oxygen atoms in total. The molecule has 3 aromatic carbocycles. The highest BCUT2D eigenvalue weighted by Crippen LogP contribution is 2.44. The number of aliphatic hydroxyl groups excluding tert-OH is 1. The first kappa shape index (κ1) is 23.4. The third-order valence-corrected chi connectivity index (χ3v) is 6.69. The normalized spacial score (nSPS) is 17.1. The predicted molar refractivity (Wildman–Crippen MR) is 133 cm³/mol. The number of halogens is 2. The number of ether oxygens (including phenoxy) is 1. The summed E-state index contributed by atoms with van der Waals surface area (Å²) in [5, 5.41) is 11.3. The van der Waals surface area contributed by atoms with Crippen molar-refractivity contribution in [3.8, 4) is 5.75 Å². The van der Waals surface area contributed by atoms with Crippen LogP contribution < -0.4 is 9.64 Å². The lowest BCUT2D eigenvalue weighted by Crippen LogP contribution is -2.29. The molecule has 4 aromatic rings. The van der Waals surface area contributed by atoms with E-state index in [0.717, 1.165) is 23.5 Å². The fraction of sp³-hybridized carbons (Fsp3) is 0.0741. The molecule has 1 saturated heterocycles. The number of fused-ring (bicyclic) bond motifs is 1. The third kappa shape index (κ3) is 4.14. The van der Waals surface area contributed by atoms with Gasteiger partial charge in [-0.15, -0.1) is 0 Å². The molecule has 0 saturated carbocycles. The number of hydrogen-bond acceptors (Lipinski definition) is 6. The van der Waals surface area contributed by atoms with Gasteiger partial charge in [0, 0.05) is 5.56 Å². The number of aliphatic hydroxyl groups is 1. The number of benzene rings is 3. The molecule has 9 heteroatoms. The molecule has 0 unspecified atom stereocenters. The molecule has 1 aliphatic rings. The van der Waals surface area contributed by atoms with Gasteiger partial charge in [-0.25, -0.2) is 13.8 Å². The lowest BCUT2D eigenvalue weighted by molar-refractivity contribution is -0.132. The largest absolute Gasteiger partial charge is 0.507 e. The van der Waals surface area contributed by atoms with Crippen molar-refractivity contribution in [1.29, 1.82) is 0 Å². The molecule has 1 amide bonds. The summed E-state index contributed by atoms with van der Waals surface area (Å²) in [4.78, 5) is 32.1. The van der Waals surface area contributed by atoms with E-state index < -0.39 is 35.1 Å². The molecule has 1 aromatic heterocycles.